The molecule has 39 heavy (non-hydrogen) atoms. The summed E-state index contributed by atoms with van der Waals surface area (Å²) in [5.74, 6) is 0. The lowest BCUT2D eigenvalue weighted by atomic mass is 10.0. The number of rotatable bonds is 3. The van der Waals surface area contributed by atoms with Crippen molar-refractivity contribution in [2.75, 3.05) is 0 Å². The van der Waals surface area contributed by atoms with Crippen LogP contribution in [0, 0.1) is 0 Å². The zero-order valence-electron chi connectivity index (χ0n) is 21.7. The first-order chi connectivity index (χ1) is 19.2. The number of hydrogen-bond donors (Lipinski definition) is 0. The van der Waals surface area contributed by atoms with Gasteiger partial charge in [0.05, 0.1) is 22.1 Å². The number of hydrogen-bond acceptors (Lipinski definition) is 0. The van der Waals surface area contributed by atoms with E-state index in [0.29, 0.717) is 0 Å². The Morgan fingerprint density at radius 1 is 0.615 bits per heavy atom. The Morgan fingerprint density at radius 3 is 2.05 bits per heavy atom. The third-order valence-electron chi connectivity index (χ3n) is 8.20. The summed E-state index contributed by atoms with van der Waals surface area (Å²) in [6.45, 7) is 6.69. The van der Waals surface area contributed by atoms with Crippen molar-refractivity contribution >= 4 is 67.2 Å². The van der Waals surface area contributed by atoms with Crippen molar-refractivity contribution in [3.05, 3.63) is 137 Å². The topological polar surface area (TPSA) is 9.34 Å². The van der Waals surface area contributed by atoms with Gasteiger partial charge in [-0.3, -0.25) is 0 Å². The molecule has 0 aliphatic heterocycles. The van der Waals surface area contributed by atoms with Crippen LogP contribution >= 0.6 is 0 Å². The van der Waals surface area contributed by atoms with Gasteiger partial charge in [0.2, 0.25) is 0 Å². The number of aromatic nitrogens is 2. The van der Waals surface area contributed by atoms with Crippen molar-refractivity contribution in [3.8, 4) is 5.69 Å². The third kappa shape index (κ3) is 3.03. The molecule has 3 heterocycles. The Bertz CT molecular complexity index is 2350. The summed E-state index contributed by atoms with van der Waals surface area (Å²) >= 11 is 0. The van der Waals surface area contributed by atoms with Gasteiger partial charge in [0.1, 0.15) is 0 Å². The monoisotopic (exact) mass is 498 g/mol. The summed E-state index contributed by atoms with van der Waals surface area (Å²) in [6.07, 6.45) is 4.53. The number of para-hydroxylation sites is 4. The van der Waals surface area contributed by atoms with Crippen molar-refractivity contribution in [2.45, 2.75) is 6.92 Å². The molecule has 0 saturated heterocycles. The number of allylic oxidation sites excluding steroid dienone is 2. The lowest BCUT2D eigenvalue weighted by molar-refractivity contribution is 1.18. The van der Waals surface area contributed by atoms with Gasteiger partial charge in [-0.1, -0.05) is 91.5 Å². The van der Waals surface area contributed by atoms with Crippen LogP contribution in [0.1, 0.15) is 12.5 Å². The van der Waals surface area contributed by atoms with E-state index in [9.17, 15) is 0 Å². The van der Waals surface area contributed by atoms with Gasteiger partial charge in [-0.05, 0) is 60.5 Å². The zero-order valence-corrected chi connectivity index (χ0v) is 21.7. The maximum atomic E-state index is 4.57. The Hall–Kier alpha value is -5.08. The van der Waals surface area contributed by atoms with Crippen LogP contribution in [-0.4, -0.2) is 8.97 Å². The lowest BCUT2D eigenvalue weighted by Crippen LogP contribution is -2.24. The molecule has 184 valence electrons. The molecule has 0 fully saturated rings. The maximum absolute atomic E-state index is 4.57. The maximum Gasteiger partial charge on any atom is 0.0620 e. The molecule has 0 radical (unpaired) electrons. The molecule has 0 saturated carbocycles. The van der Waals surface area contributed by atoms with Crippen LogP contribution in [0.15, 0.2) is 121 Å². The molecule has 0 bridgehead atoms. The molecule has 0 spiro atoms. The second-order valence-electron chi connectivity index (χ2n) is 10.2. The number of nitrogens with zero attached hydrogens (tertiary/aromatic N) is 2. The highest BCUT2D eigenvalue weighted by atomic mass is 15.0. The van der Waals surface area contributed by atoms with E-state index in [0.717, 1.165) is 5.35 Å². The van der Waals surface area contributed by atoms with E-state index in [4.69, 9.17) is 0 Å². The normalized spacial score (nSPS) is 13.2. The Balaban J connectivity index is 1.38. The van der Waals surface area contributed by atoms with Gasteiger partial charge < -0.3 is 8.97 Å². The Morgan fingerprint density at radius 2 is 1.26 bits per heavy atom. The fourth-order valence-electron chi connectivity index (χ4n) is 6.45. The Kier molecular flexibility index (Phi) is 4.62. The largest absolute Gasteiger partial charge is 0.309 e. The molecule has 8 aromatic rings. The first-order valence-electron chi connectivity index (χ1n) is 13.4. The molecule has 0 aliphatic rings. The van der Waals surface area contributed by atoms with Crippen molar-refractivity contribution in [1.29, 1.82) is 0 Å². The van der Waals surface area contributed by atoms with E-state index in [1.54, 1.807) is 0 Å². The van der Waals surface area contributed by atoms with Crippen LogP contribution < -0.4 is 10.6 Å². The van der Waals surface area contributed by atoms with Gasteiger partial charge in [-0.25, -0.2) is 0 Å². The molecule has 0 unspecified atom stereocenters. The van der Waals surface area contributed by atoms with E-state index in [2.05, 4.69) is 150 Å². The molecular weight excluding hydrogens is 472 g/mol. The summed E-state index contributed by atoms with van der Waals surface area (Å²) in [4.78, 5) is 0. The average Bonchev–Trinajstić information content (AvgIpc) is 3.60. The molecule has 8 rings (SSSR count). The highest BCUT2D eigenvalue weighted by molar-refractivity contribution is 6.15. The molecule has 3 aromatic heterocycles. The molecular formula is C37H26N2. The number of benzene rings is 5. The quantitative estimate of drug-likeness (QED) is 0.233. The highest BCUT2D eigenvalue weighted by Gasteiger charge is 2.16. The lowest BCUT2D eigenvalue weighted by Gasteiger charge is -2.08. The average molecular weight is 499 g/mol. The van der Waals surface area contributed by atoms with Crippen molar-refractivity contribution in [1.82, 2.24) is 8.97 Å². The third-order valence-corrected chi connectivity index (χ3v) is 8.20. The summed E-state index contributed by atoms with van der Waals surface area (Å²) in [7, 11) is 0. The van der Waals surface area contributed by atoms with Crippen LogP contribution in [0.3, 0.4) is 0 Å². The van der Waals surface area contributed by atoms with Gasteiger partial charge in [-0.15, -0.1) is 0 Å². The van der Waals surface area contributed by atoms with E-state index >= 15 is 0 Å². The molecule has 2 nitrogen and oxygen atoms in total. The molecule has 0 amide bonds. The fourth-order valence-corrected chi connectivity index (χ4v) is 6.45. The second kappa shape index (κ2) is 8.21. The van der Waals surface area contributed by atoms with Gasteiger partial charge in [0, 0.05) is 43.2 Å². The van der Waals surface area contributed by atoms with Crippen LogP contribution in [0.2, 0.25) is 0 Å². The first kappa shape index (κ1) is 22.0. The first-order valence-corrected chi connectivity index (χ1v) is 13.4. The van der Waals surface area contributed by atoms with Crippen LogP contribution in [-0.2, 0) is 0 Å². The minimum Gasteiger partial charge on any atom is -0.309 e. The summed E-state index contributed by atoms with van der Waals surface area (Å²) in [5.41, 5.74) is 8.48. The van der Waals surface area contributed by atoms with Crippen LogP contribution in [0.5, 0.6) is 0 Å². The minimum atomic E-state index is 1.03. The fraction of sp³-hybridized carbons (Fsp3) is 0.0270. The molecule has 0 atom stereocenters. The van der Waals surface area contributed by atoms with Gasteiger partial charge in [0.15, 0.2) is 0 Å². The standard InChI is InChI=1S/C37H26N2/c1-3-25(22-32-24(2)38-34-18-9-7-14-28(34)30-16-11-17-31(32)37(30)38)26-20-21-36-33(23-26)29-15-8-10-19-35(29)39(36)27-12-5-4-6-13-27/h3-23H,2H2,1H3/b25-3+,32-22+. The van der Waals surface area contributed by atoms with E-state index in [-0.39, 0.29) is 0 Å². The Labute approximate surface area is 226 Å². The van der Waals surface area contributed by atoms with Gasteiger partial charge >= 0.3 is 0 Å². The minimum absolute atomic E-state index is 1.03. The van der Waals surface area contributed by atoms with Crippen LogP contribution in [0.4, 0.5) is 0 Å². The van der Waals surface area contributed by atoms with Gasteiger partial charge in [-0.2, -0.15) is 0 Å². The summed E-state index contributed by atoms with van der Waals surface area (Å²) in [6, 6.07) is 41.4. The molecule has 2 heteroatoms. The summed E-state index contributed by atoms with van der Waals surface area (Å²) in [5, 5.41) is 8.54. The molecule has 0 N–H and O–H groups in total. The van der Waals surface area contributed by atoms with E-state index < -0.39 is 0 Å². The summed E-state index contributed by atoms with van der Waals surface area (Å²) < 4.78 is 4.69. The van der Waals surface area contributed by atoms with Gasteiger partial charge in [0.25, 0.3) is 0 Å². The van der Waals surface area contributed by atoms with E-state index in [1.807, 2.05) is 0 Å². The predicted octanol–water partition coefficient (Wildman–Crippen LogP) is 8.07. The zero-order chi connectivity index (χ0) is 26.1. The smallest absolute Gasteiger partial charge is 0.0620 e. The SMILES string of the molecule is C=c1/c(=C\C(=C/C)c2ccc3c(c2)c2ccccc2n3-c2ccccc2)c2cccc3c4ccccc4n1c23. The second-order valence-corrected chi connectivity index (χ2v) is 10.2. The highest BCUT2D eigenvalue weighted by Crippen LogP contribution is 2.34. The van der Waals surface area contributed by atoms with Crippen molar-refractivity contribution in [2.24, 2.45) is 0 Å². The molecule has 5 aromatic carbocycles. The van der Waals surface area contributed by atoms with Crippen molar-refractivity contribution < 1.29 is 0 Å². The predicted molar refractivity (Wildman–Crippen MR) is 167 cm³/mol. The van der Waals surface area contributed by atoms with E-state index in [1.165, 1.54) is 71.0 Å². The number of fused-ring (bicyclic) bond motifs is 6. The molecule has 0 aliphatic carbocycles. The van der Waals surface area contributed by atoms with Crippen LogP contribution in [0.25, 0.3) is 72.9 Å². The van der Waals surface area contributed by atoms with Crippen molar-refractivity contribution in [3.63, 3.8) is 0 Å².